The van der Waals surface area contributed by atoms with Gasteiger partial charge in [0.25, 0.3) is 5.91 Å². The number of hydrogen-bond acceptors (Lipinski definition) is 3. The summed E-state index contributed by atoms with van der Waals surface area (Å²) in [5.41, 5.74) is 1.39. The van der Waals surface area contributed by atoms with Gasteiger partial charge in [0.2, 0.25) is 5.91 Å². The largest absolute Gasteiger partial charge is 0.389 e. The number of β-amino-alcohol motifs (C(OH)–C–C–N with tert-alkyl or cyclic N) is 1. The van der Waals surface area contributed by atoms with Crippen molar-refractivity contribution in [3.8, 4) is 0 Å². The number of rotatable bonds is 5. The molecule has 1 fully saturated rings. The van der Waals surface area contributed by atoms with E-state index in [1.807, 2.05) is 30.3 Å². The minimum atomic E-state index is -0.652. The number of likely N-dealkylation sites (tertiary alicyclic amines) is 1. The first kappa shape index (κ1) is 15.3. The number of aromatic amines is 1. The Labute approximate surface area is 134 Å². The first-order valence-electron chi connectivity index (χ1n) is 7.58. The summed E-state index contributed by atoms with van der Waals surface area (Å²) in [7, 11) is 0. The third-order valence-corrected chi connectivity index (χ3v) is 3.90. The topological polar surface area (TPSA) is 85.4 Å². The van der Waals surface area contributed by atoms with Crippen LogP contribution in [0.2, 0.25) is 0 Å². The van der Waals surface area contributed by atoms with Crippen molar-refractivity contribution in [1.82, 2.24) is 15.2 Å². The van der Waals surface area contributed by atoms with Gasteiger partial charge >= 0.3 is 0 Å². The highest BCUT2D eigenvalue weighted by atomic mass is 16.3. The Morgan fingerprint density at radius 3 is 2.57 bits per heavy atom. The normalized spacial score (nSPS) is 15.8. The van der Waals surface area contributed by atoms with Crippen LogP contribution in [0.15, 0.2) is 48.7 Å². The van der Waals surface area contributed by atoms with Crippen LogP contribution in [0.25, 0.3) is 0 Å². The van der Waals surface area contributed by atoms with Crippen LogP contribution in [0.3, 0.4) is 0 Å². The second-order valence-electron chi connectivity index (χ2n) is 5.70. The second-order valence-corrected chi connectivity index (χ2v) is 5.70. The molecule has 1 saturated heterocycles. The molecule has 0 aliphatic carbocycles. The molecular weight excluding hydrogens is 294 g/mol. The molecular formula is C17H19N3O3. The average molecular weight is 313 g/mol. The number of hydrogen-bond donors (Lipinski definition) is 3. The van der Waals surface area contributed by atoms with Crippen molar-refractivity contribution >= 4 is 11.8 Å². The maximum Gasteiger partial charge on any atom is 0.268 e. The van der Waals surface area contributed by atoms with E-state index in [9.17, 15) is 14.7 Å². The SMILES string of the molecule is O=C(N[C@@H](Cc1ccccc1)C(=O)N1CC(O)C1)c1ccc[nH]1. The maximum atomic E-state index is 12.6. The molecule has 0 saturated carbocycles. The minimum absolute atomic E-state index is 0.168. The van der Waals surface area contributed by atoms with Gasteiger partial charge in [-0.15, -0.1) is 0 Å². The molecule has 3 rings (SSSR count). The number of H-pyrrole nitrogens is 1. The Morgan fingerprint density at radius 2 is 1.96 bits per heavy atom. The Hall–Kier alpha value is -2.60. The van der Waals surface area contributed by atoms with Crippen LogP contribution in [0.1, 0.15) is 16.1 Å². The van der Waals surface area contributed by atoms with Gasteiger partial charge in [-0.2, -0.15) is 0 Å². The molecule has 2 heterocycles. The summed E-state index contributed by atoms with van der Waals surface area (Å²) < 4.78 is 0. The second kappa shape index (κ2) is 6.66. The van der Waals surface area contributed by atoms with Gasteiger partial charge in [0.1, 0.15) is 11.7 Å². The van der Waals surface area contributed by atoms with Gasteiger partial charge in [-0.05, 0) is 17.7 Å². The van der Waals surface area contributed by atoms with E-state index < -0.39 is 12.1 Å². The molecule has 120 valence electrons. The lowest BCUT2D eigenvalue weighted by Gasteiger charge is -2.38. The molecule has 1 atom stereocenters. The smallest absolute Gasteiger partial charge is 0.268 e. The summed E-state index contributed by atoms with van der Waals surface area (Å²) in [5, 5.41) is 12.2. The highest BCUT2D eigenvalue weighted by Gasteiger charge is 2.34. The van der Waals surface area contributed by atoms with Crippen molar-refractivity contribution < 1.29 is 14.7 Å². The van der Waals surface area contributed by atoms with Crippen molar-refractivity contribution in [3.63, 3.8) is 0 Å². The zero-order valence-electron chi connectivity index (χ0n) is 12.6. The van der Waals surface area contributed by atoms with Crippen LogP contribution < -0.4 is 5.32 Å². The standard InChI is InChI=1S/C17H19N3O3/c21-13-10-20(11-13)17(23)15(9-12-5-2-1-3-6-12)19-16(22)14-7-4-8-18-14/h1-8,13,15,18,21H,9-11H2,(H,19,22)/t15-/m0/s1. The van der Waals surface area contributed by atoms with Crippen molar-refractivity contribution in [2.45, 2.75) is 18.6 Å². The summed E-state index contributed by atoms with van der Waals surface area (Å²) in [5.74, 6) is -0.482. The zero-order chi connectivity index (χ0) is 16.2. The van der Waals surface area contributed by atoms with E-state index in [-0.39, 0.29) is 11.8 Å². The van der Waals surface area contributed by atoms with Gasteiger partial charge in [0.05, 0.1) is 6.10 Å². The van der Waals surface area contributed by atoms with E-state index in [1.165, 1.54) is 0 Å². The van der Waals surface area contributed by atoms with Gasteiger partial charge in [0.15, 0.2) is 0 Å². The fraction of sp³-hybridized carbons (Fsp3) is 0.294. The predicted molar refractivity (Wildman–Crippen MR) is 84.8 cm³/mol. The predicted octanol–water partition coefficient (Wildman–Crippen LogP) is 0.559. The van der Waals surface area contributed by atoms with Crippen LogP contribution in [0.4, 0.5) is 0 Å². The summed E-state index contributed by atoms with van der Waals surface area (Å²) in [6.45, 7) is 0.644. The number of carbonyl (C=O) groups is 2. The van der Waals surface area contributed by atoms with Crippen molar-refractivity contribution in [3.05, 3.63) is 59.9 Å². The summed E-state index contributed by atoms with van der Waals surface area (Å²) >= 11 is 0. The molecule has 6 nitrogen and oxygen atoms in total. The van der Waals surface area contributed by atoms with Crippen LogP contribution in [-0.4, -0.2) is 52.0 Å². The lowest BCUT2D eigenvalue weighted by molar-refractivity contribution is -0.143. The number of nitrogens with one attached hydrogen (secondary N) is 2. The molecule has 1 aromatic heterocycles. The Kier molecular flexibility index (Phi) is 4.43. The number of aliphatic hydroxyl groups is 1. The minimum Gasteiger partial charge on any atom is -0.389 e. The van der Waals surface area contributed by atoms with Crippen LogP contribution >= 0.6 is 0 Å². The Balaban J connectivity index is 1.72. The van der Waals surface area contributed by atoms with Gasteiger partial charge in [0, 0.05) is 25.7 Å². The lowest BCUT2D eigenvalue weighted by Crippen LogP contribution is -2.59. The molecule has 23 heavy (non-hydrogen) atoms. The molecule has 6 heteroatoms. The van der Waals surface area contributed by atoms with Crippen LogP contribution in [-0.2, 0) is 11.2 Å². The van der Waals surface area contributed by atoms with Gasteiger partial charge < -0.3 is 20.3 Å². The monoisotopic (exact) mass is 313 g/mol. The van der Waals surface area contributed by atoms with Crippen molar-refractivity contribution in [2.24, 2.45) is 0 Å². The first-order valence-corrected chi connectivity index (χ1v) is 7.58. The summed E-state index contributed by atoms with van der Waals surface area (Å²) in [4.78, 5) is 29.2. The van der Waals surface area contributed by atoms with Gasteiger partial charge in [-0.1, -0.05) is 30.3 Å². The Bertz CT molecular complexity index is 664. The van der Waals surface area contributed by atoms with Crippen LogP contribution in [0.5, 0.6) is 0 Å². The molecule has 2 amide bonds. The first-order chi connectivity index (χ1) is 11.1. The number of aromatic nitrogens is 1. The highest BCUT2D eigenvalue weighted by molar-refractivity contribution is 5.96. The van der Waals surface area contributed by atoms with Crippen LogP contribution in [0, 0.1) is 0 Å². The van der Waals surface area contributed by atoms with E-state index in [1.54, 1.807) is 23.2 Å². The third-order valence-electron chi connectivity index (χ3n) is 3.90. The Morgan fingerprint density at radius 1 is 1.22 bits per heavy atom. The number of carbonyl (C=O) groups excluding carboxylic acids is 2. The molecule has 0 unspecified atom stereocenters. The molecule has 0 radical (unpaired) electrons. The van der Waals surface area contributed by atoms with Gasteiger partial charge in [-0.3, -0.25) is 9.59 Å². The fourth-order valence-electron chi connectivity index (χ4n) is 2.61. The highest BCUT2D eigenvalue weighted by Crippen LogP contribution is 2.13. The van der Waals surface area contributed by atoms with E-state index in [4.69, 9.17) is 0 Å². The molecule has 1 aromatic carbocycles. The number of benzene rings is 1. The van der Waals surface area contributed by atoms with E-state index >= 15 is 0 Å². The number of aliphatic hydroxyl groups excluding tert-OH is 1. The number of amides is 2. The lowest BCUT2D eigenvalue weighted by atomic mass is 10.0. The maximum absolute atomic E-state index is 12.6. The van der Waals surface area contributed by atoms with Crippen molar-refractivity contribution in [1.29, 1.82) is 0 Å². The molecule has 3 N–H and O–H groups in total. The van der Waals surface area contributed by atoms with Gasteiger partial charge in [-0.25, -0.2) is 0 Å². The summed E-state index contributed by atoms with van der Waals surface area (Å²) in [6, 6.07) is 12.3. The quantitative estimate of drug-likeness (QED) is 0.754. The molecule has 2 aromatic rings. The molecule has 1 aliphatic heterocycles. The third kappa shape index (κ3) is 3.60. The zero-order valence-corrected chi connectivity index (χ0v) is 12.6. The van der Waals surface area contributed by atoms with E-state index in [0.717, 1.165) is 5.56 Å². The van der Waals surface area contributed by atoms with E-state index in [0.29, 0.717) is 25.2 Å². The average Bonchev–Trinajstić information content (AvgIpc) is 3.06. The summed E-state index contributed by atoms with van der Waals surface area (Å²) in [6.07, 6.45) is 1.61. The fourth-order valence-corrected chi connectivity index (χ4v) is 2.61. The molecule has 0 spiro atoms. The number of nitrogens with zero attached hydrogens (tertiary/aromatic N) is 1. The van der Waals surface area contributed by atoms with Crippen molar-refractivity contribution in [2.75, 3.05) is 13.1 Å². The van der Waals surface area contributed by atoms with E-state index in [2.05, 4.69) is 10.3 Å². The molecule has 0 bridgehead atoms. The molecule has 1 aliphatic rings.